The molecule has 8 heteroatoms. The maximum atomic E-state index is 13.0. The van der Waals surface area contributed by atoms with E-state index in [0.717, 1.165) is 32.2 Å². The number of nitrogens with zero attached hydrogens (tertiary/aromatic N) is 3. The number of benzene rings is 1. The minimum absolute atomic E-state index is 0.0648. The van der Waals surface area contributed by atoms with Crippen LogP contribution in [0.3, 0.4) is 0 Å². The Labute approximate surface area is 202 Å². The summed E-state index contributed by atoms with van der Waals surface area (Å²) in [5.74, 6) is 0.483. The van der Waals surface area contributed by atoms with Crippen LogP contribution in [-0.4, -0.2) is 99.8 Å². The molecule has 0 bridgehead atoms. The standard InChI is InChI=1S/C26H40N4O4/c1-27-26(20-8-3-2-4-9-20)12-10-25(11-13-26)18-29(24(34)30(25)14-19-6-5-7-19)17-23(33)28-15-21(31)22(32)16-28/h2-4,8-9,19,21-22,24,27,31-32,34H,5-7,10-18H2,1H3/t21-,22+,24?,25?,26?. The zero-order valence-electron chi connectivity index (χ0n) is 20.3. The number of β-amino-alcohol motifs (C(OH)–C–C–N with tert-alkyl or cyclic N) is 2. The maximum absolute atomic E-state index is 13.0. The van der Waals surface area contributed by atoms with Gasteiger partial charge in [0.25, 0.3) is 0 Å². The lowest BCUT2D eigenvalue weighted by Crippen LogP contribution is -2.57. The van der Waals surface area contributed by atoms with Gasteiger partial charge in [0, 0.05) is 37.3 Å². The number of amides is 1. The summed E-state index contributed by atoms with van der Waals surface area (Å²) >= 11 is 0. The molecule has 188 valence electrons. The van der Waals surface area contributed by atoms with Gasteiger partial charge in [0.15, 0.2) is 6.35 Å². The van der Waals surface area contributed by atoms with Crippen molar-refractivity contribution in [2.75, 3.05) is 39.8 Å². The van der Waals surface area contributed by atoms with Crippen LogP contribution in [0.5, 0.6) is 0 Å². The van der Waals surface area contributed by atoms with E-state index in [1.54, 1.807) is 0 Å². The third-order valence-corrected chi connectivity index (χ3v) is 9.18. The molecule has 1 unspecified atom stereocenters. The molecule has 1 spiro atoms. The Morgan fingerprint density at radius 3 is 2.24 bits per heavy atom. The van der Waals surface area contributed by atoms with Crippen LogP contribution in [0.2, 0.25) is 0 Å². The van der Waals surface area contributed by atoms with Gasteiger partial charge < -0.3 is 25.5 Å². The Balaban J connectivity index is 1.32. The Kier molecular flexibility index (Phi) is 6.74. The predicted octanol–water partition coefficient (Wildman–Crippen LogP) is 0.672. The summed E-state index contributed by atoms with van der Waals surface area (Å²) in [6.07, 6.45) is 5.01. The van der Waals surface area contributed by atoms with Gasteiger partial charge in [0.2, 0.25) is 5.91 Å². The fourth-order valence-electron chi connectivity index (χ4n) is 6.65. The fraction of sp³-hybridized carbons (Fsp3) is 0.731. The van der Waals surface area contributed by atoms with E-state index in [9.17, 15) is 20.1 Å². The second kappa shape index (κ2) is 9.48. The van der Waals surface area contributed by atoms with E-state index in [1.807, 2.05) is 11.9 Å². The third-order valence-electron chi connectivity index (χ3n) is 9.18. The summed E-state index contributed by atoms with van der Waals surface area (Å²) < 4.78 is 0. The van der Waals surface area contributed by atoms with Crippen molar-refractivity contribution in [1.29, 1.82) is 0 Å². The summed E-state index contributed by atoms with van der Waals surface area (Å²) in [7, 11) is 2.05. The van der Waals surface area contributed by atoms with Crippen LogP contribution in [0.1, 0.15) is 50.5 Å². The number of hydrogen-bond donors (Lipinski definition) is 4. The molecule has 5 rings (SSSR count). The highest BCUT2D eigenvalue weighted by atomic mass is 16.3. The van der Waals surface area contributed by atoms with E-state index in [0.29, 0.717) is 12.5 Å². The van der Waals surface area contributed by atoms with Gasteiger partial charge in [0.1, 0.15) is 0 Å². The van der Waals surface area contributed by atoms with Crippen LogP contribution in [0, 0.1) is 5.92 Å². The molecule has 4 N–H and O–H groups in total. The van der Waals surface area contributed by atoms with E-state index in [4.69, 9.17) is 0 Å². The molecular weight excluding hydrogens is 432 g/mol. The molecule has 4 fully saturated rings. The summed E-state index contributed by atoms with van der Waals surface area (Å²) in [6, 6.07) is 10.7. The number of hydrogen-bond acceptors (Lipinski definition) is 7. The minimum Gasteiger partial charge on any atom is -0.388 e. The van der Waals surface area contributed by atoms with Crippen LogP contribution in [0.4, 0.5) is 0 Å². The van der Waals surface area contributed by atoms with Crippen molar-refractivity contribution in [3.05, 3.63) is 35.9 Å². The molecule has 1 aromatic carbocycles. The summed E-state index contributed by atoms with van der Waals surface area (Å²) in [6.45, 7) is 1.97. The zero-order valence-corrected chi connectivity index (χ0v) is 20.3. The first-order valence-corrected chi connectivity index (χ1v) is 12.9. The number of aliphatic hydroxyl groups excluding tert-OH is 3. The molecule has 1 amide bonds. The Morgan fingerprint density at radius 2 is 1.68 bits per heavy atom. The summed E-state index contributed by atoms with van der Waals surface area (Å²) in [4.78, 5) is 18.7. The fourth-order valence-corrected chi connectivity index (χ4v) is 6.65. The van der Waals surface area contributed by atoms with Crippen molar-refractivity contribution in [3.8, 4) is 0 Å². The van der Waals surface area contributed by atoms with Gasteiger partial charge in [-0.05, 0) is 57.1 Å². The second-order valence-electron chi connectivity index (χ2n) is 11.1. The molecule has 34 heavy (non-hydrogen) atoms. The van der Waals surface area contributed by atoms with Gasteiger partial charge in [-0.1, -0.05) is 36.8 Å². The molecule has 4 aliphatic rings. The maximum Gasteiger partial charge on any atom is 0.237 e. The Bertz CT molecular complexity index is 846. The zero-order chi connectivity index (χ0) is 23.9. The number of carbonyl (C=O) groups excluding carboxylic acids is 1. The molecule has 2 aliphatic heterocycles. The van der Waals surface area contributed by atoms with Crippen LogP contribution >= 0.6 is 0 Å². The highest BCUT2D eigenvalue weighted by Gasteiger charge is 2.54. The largest absolute Gasteiger partial charge is 0.388 e. The highest BCUT2D eigenvalue weighted by Crippen LogP contribution is 2.48. The van der Waals surface area contributed by atoms with Gasteiger partial charge in [-0.2, -0.15) is 0 Å². The van der Waals surface area contributed by atoms with E-state index in [1.165, 1.54) is 29.7 Å². The van der Waals surface area contributed by atoms with Crippen molar-refractivity contribution >= 4 is 5.91 Å². The molecule has 2 aliphatic carbocycles. The van der Waals surface area contributed by atoms with Gasteiger partial charge >= 0.3 is 0 Å². The van der Waals surface area contributed by atoms with E-state index in [2.05, 4.69) is 40.5 Å². The quantitative estimate of drug-likeness (QED) is 0.483. The highest BCUT2D eigenvalue weighted by molar-refractivity contribution is 5.78. The predicted molar refractivity (Wildman–Crippen MR) is 129 cm³/mol. The SMILES string of the molecule is CNC1(c2ccccc2)CCC2(CC1)CN(CC(=O)N1C[C@@H](O)[C@@H](O)C1)C(O)N2CC1CCC1. The van der Waals surface area contributed by atoms with Gasteiger partial charge in [-0.15, -0.1) is 0 Å². The molecule has 2 heterocycles. The minimum atomic E-state index is -0.889. The summed E-state index contributed by atoms with van der Waals surface area (Å²) in [5, 5.41) is 34.7. The molecule has 0 aromatic heterocycles. The van der Waals surface area contributed by atoms with E-state index in [-0.39, 0.29) is 36.6 Å². The number of likely N-dealkylation sites (tertiary alicyclic amines) is 1. The molecule has 3 atom stereocenters. The first-order valence-electron chi connectivity index (χ1n) is 12.9. The smallest absolute Gasteiger partial charge is 0.237 e. The van der Waals surface area contributed by atoms with Crippen LogP contribution in [-0.2, 0) is 10.3 Å². The number of aliphatic hydroxyl groups is 3. The van der Waals surface area contributed by atoms with Gasteiger partial charge in [0.05, 0.1) is 18.8 Å². The van der Waals surface area contributed by atoms with E-state index >= 15 is 0 Å². The summed E-state index contributed by atoms with van der Waals surface area (Å²) in [5.41, 5.74) is 1.11. The topological polar surface area (TPSA) is 99.5 Å². The third kappa shape index (κ3) is 4.29. The van der Waals surface area contributed by atoms with Crippen LogP contribution < -0.4 is 5.32 Å². The van der Waals surface area contributed by atoms with Crippen molar-refractivity contribution < 1.29 is 20.1 Å². The van der Waals surface area contributed by atoms with Crippen LogP contribution in [0.25, 0.3) is 0 Å². The lowest BCUT2D eigenvalue weighted by atomic mass is 9.68. The molecule has 1 aromatic rings. The van der Waals surface area contributed by atoms with Gasteiger partial charge in [-0.3, -0.25) is 14.6 Å². The molecule has 0 radical (unpaired) electrons. The average molecular weight is 473 g/mol. The van der Waals surface area contributed by atoms with Crippen molar-refractivity contribution in [2.24, 2.45) is 5.92 Å². The van der Waals surface area contributed by atoms with Gasteiger partial charge in [-0.25, -0.2) is 0 Å². The Morgan fingerprint density at radius 1 is 1.03 bits per heavy atom. The van der Waals surface area contributed by atoms with Crippen molar-refractivity contribution in [1.82, 2.24) is 20.0 Å². The number of nitrogens with one attached hydrogen (secondary N) is 1. The molecule has 2 saturated heterocycles. The molecule has 8 nitrogen and oxygen atoms in total. The molecule has 2 saturated carbocycles. The lowest BCUT2D eigenvalue weighted by molar-refractivity contribution is -0.138. The normalized spacial score (nSPS) is 37.4. The van der Waals surface area contributed by atoms with E-state index < -0.39 is 18.6 Å². The molecular formula is C26H40N4O4. The first-order chi connectivity index (χ1) is 16.4. The Hall–Kier alpha value is -1.55. The average Bonchev–Trinajstić information content (AvgIpc) is 3.28. The second-order valence-corrected chi connectivity index (χ2v) is 11.1. The number of rotatable bonds is 6. The lowest BCUT2D eigenvalue weighted by Gasteiger charge is -2.50. The van der Waals surface area contributed by atoms with Crippen molar-refractivity contribution in [2.45, 2.75) is 74.6 Å². The van der Waals surface area contributed by atoms with Crippen molar-refractivity contribution in [3.63, 3.8) is 0 Å². The monoisotopic (exact) mass is 472 g/mol. The first kappa shape index (κ1) is 24.2. The van der Waals surface area contributed by atoms with Crippen LogP contribution in [0.15, 0.2) is 30.3 Å². The number of carbonyl (C=O) groups is 1.